The summed E-state index contributed by atoms with van der Waals surface area (Å²) in [7, 11) is 0. The van der Waals surface area contributed by atoms with E-state index >= 15 is 0 Å². The minimum atomic E-state index is -0.256. The minimum absolute atomic E-state index is 0.256. The van der Waals surface area contributed by atoms with Gasteiger partial charge in [-0.25, -0.2) is 0 Å². The Labute approximate surface area is 79.5 Å². The van der Waals surface area contributed by atoms with Gasteiger partial charge in [0.05, 0.1) is 6.61 Å². The topological polar surface area (TPSA) is 38.3 Å². The molecule has 3 heteroatoms. The fourth-order valence-corrected chi connectivity index (χ4v) is 0.537. The van der Waals surface area contributed by atoms with Gasteiger partial charge in [-0.1, -0.05) is 20.4 Å². The van der Waals surface area contributed by atoms with Crippen molar-refractivity contribution in [3.63, 3.8) is 0 Å². The minimum Gasteiger partial charge on any atom is -0.479 e. The van der Waals surface area contributed by atoms with Gasteiger partial charge in [-0.3, -0.25) is 10.1 Å². The van der Waals surface area contributed by atoms with Gasteiger partial charge in [0.15, 0.2) is 5.88 Å². The van der Waals surface area contributed by atoms with Gasteiger partial charge in [0, 0.05) is 5.57 Å². The van der Waals surface area contributed by atoms with E-state index in [1.807, 2.05) is 13.8 Å². The van der Waals surface area contributed by atoms with Crippen molar-refractivity contribution in [2.24, 2.45) is 5.92 Å². The highest BCUT2D eigenvalue weighted by Crippen LogP contribution is 1.98. The van der Waals surface area contributed by atoms with E-state index in [1.165, 1.54) is 0 Å². The highest BCUT2D eigenvalue weighted by molar-refractivity contribution is 5.92. The number of carbonyl (C=O) groups excluding carboxylic acids is 1. The van der Waals surface area contributed by atoms with Crippen LogP contribution in [0.1, 0.15) is 20.8 Å². The summed E-state index contributed by atoms with van der Waals surface area (Å²) < 4.78 is 5.16. The molecule has 0 fully saturated rings. The second-order valence-corrected chi connectivity index (χ2v) is 3.36. The van der Waals surface area contributed by atoms with Crippen LogP contribution in [0.25, 0.3) is 0 Å². The Hall–Kier alpha value is -1.25. The van der Waals surface area contributed by atoms with Crippen LogP contribution < -0.4 is 5.32 Å². The molecule has 0 saturated heterocycles. The summed E-state index contributed by atoms with van der Waals surface area (Å²) in [4.78, 5) is 11.0. The number of hydrogen-bond acceptors (Lipinski definition) is 2. The van der Waals surface area contributed by atoms with Gasteiger partial charge < -0.3 is 4.74 Å². The lowest BCUT2D eigenvalue weighted by Crippen LogP contribution is -2.24. The van der Waals surface area contributed by atoms with Crippen LogP contribution in [0.5, 0.6) is 0 Å². The van der Waals surface area contributed by atoms with E-state index in [1.54, 1.807) is 6.92 Å². The van der Waals surface area contributed by atoms with Crippen molar-refractivity contribution in [2.75, 3.05) is 6.61 Å². The number of amides is 1. The SMILES string of the molecule is C=C(NC(=O)C(=C)C)OCC(C)C. The van der Waals surface area contributed by atoms with E-state index in [2.05, 4.69) is 18.5 Å². The van der Waals surface area contributed by atoms with Gasteiger partial charge in [-0.2, -0.15) is 0 Å². The molecule has 0 atom stereocenters. The molecular weight excluding hydrogens is 166 g/mol. The maximum atomic E-state index is 11.0. The molecule has 3 nitrogen and oxygen atoms in total. The van der Waals surface area contributed by atoms with Crippen LogP contribution in [0.3, 0.4) is 0 Å². The van der Waals surface area contributed by atoms with Crippen LogP contribution in [-0.2, 0) is 9.53 Å². The molecule has 0 aromatic heterocycles. The van der Waals surface area contributed by atoms with E-state index in [4.69, 9.17) is 4.74 Å². The van der Waals surface area contributed by atoms with Crippen molar-refractivity contribution in [1.82, 2.24) is 5.32 Å². The third-order valence-corrected chi connectivity index (χ3v) is 1.23. The average Bonchev–Trinajstić information content (AvgIpc) is 2.00. The van der Waals surface area contributed by atoms with E-state index in [-0.39, 0.29) is 11.8 Å². The molecule has 13 heavy (non-hydrogen) atoms. The van der Waals surface area contributed by atoms with Gasteiger partial charge in [-0.15, -0.1) is 0 Å². The number of carbonyl (C=O) groups is 1. The normalized spacial score (nSPS) is 9.54. The van der Waals surface area contributed by atoms with Crippen LogP contribution in [-0.4, -0.2) is 12.5 Å². The highest BCUT2D eigenvalue weighted by Gasteiger charge is 2.04. The number of rotatable bonds is 5. The maximum Gasteiger partial charge on any atom is 0.252 e. The Morgan fingerprint density at radius 1 is 1.46 bits per heavy atom. The Kier molecular flexibility index (Phi) is 4.89. The lowest BCUT2D eigenvalue weighted by molar-refractivity contribution is -0.117. The van der Waals surface area contributed by atoms with Crippen molar-refractivity contribution in [3.05, 3.63) is 24.6 Å². The Morgan fingerprint density at radius 2 is 2.00 bits per heavy atom. The predicted molar refractivity (Wildman–Crippen MR) is 52.9 cm³/mol. The van der Waals surface area contributed by atoms with Crippen molar-refractivity contribution in [2.45, 2.75) is 20.8 Å². The second kappa shape index (κ2) is 5.41. The van der Waals surface area contributed by atoms with Crippen molar-refractivity contribution >= 4 is 5.91 Å². The molecule has 0 saturated carbocycles. The van der Waals surface area contributed by atoms with Crippen molar-refractivity contribution < 1.29 is 9.53 Å². The molecule has 0 bridgehead atoms. The fraction of sp³-hybridized carbons (Fsp3) is 0.500. The first-order chi connectivity index (χ1) is 5.93. The molecule has 0 aliphatic rings. The lowest BCUT2D eigenvalue weighted by Gasteiger charge is -2.11. The lowest BCUT2D eigenvalue weighted by atomic mass is 10.2. The van der Waals surface area contributed by atoms with Gasteiger partial charge in [0.2, 0.25) is 0 Å². The molecule has 74 valence electrons. The predicted octanol–water partition coefficient (Wildman–Crippen LogP) is 1.82. The van der Waals surface area contributed by atoms with Crippen molar-refractivity contribution in [1.29, 1.82) is 0 Å². The molecule has 0 rings (SSSR count). The Morgan fingerprint density at radius 3 is 2.38 bits per heavy atom. The molecule has 0 aromatic carbocycles. The summed E-state index contributed by atoms with van der Waals surface area (Å²) in [6.07, 6.45) is 0. The molecule has 0 heterocycles. The molecule has 0 aliphatic heterocycles. The molecule has 0 aromatic rings. The average molecular weight is 183 g/mol. The summed E-state index contributed by atoms with van der Waals surface area (Å²) in [5.41, 5.74) is 0.439. The molecule has 0 unspecified atom stereocenters. The van der Waals surface area contributed by atoms with E-state index < -0.39 is 0 Å². The van der Waals surface area contributed by atoms with Crippen LogP contribution in [0.15, 0.2) is 24.6 Å². The molecule has 0 aliphatic carbocycles. The maximum absolute atomic E-state index is 11.0. The first-order valence-corrected chi connectivity index (χ1v) is 4.22. The molecule has 1 amide bonds. The van der Waals surface area contributed by atoms with Crippen LogP contribution in [0.2, 0.25) is 0 Å². The fourth-order valence-electron chi connectivity index (χ4n) is 0.537. The number of nitrogens with one attached hydrogen (secondary N) is 1. The zero-order valence-electron chi connectivity index (χ0n) is 8.52. The standard InChI is InChI=1S/C10H17NO2/c1-7(2)6-13-9(5)11-10(12)8(3)4/h7H,3,5-6H2,1-2,4H3,(H,11,12). The van der Waals surface area contributed by atoms with E-state index in [9.17, 15) is 4.79 Å². The largest absolute Gasteiger partial charge is 0.479 e. The third-order valence-electron chi connectivity index (χ3n) is 1.23. The van der Waals surface area contributed by atoms with Gasteiger partial charge in [-0.05, 0) is 19.4 Å². The van der Waals surface area contributed by atoms with E-state index in [0.29, 0.717) is 18.1 Å². The summed E-state index contributed by atoms with van der Waals surface area (Å²) in [5.74, 6) is 0.439. The summed E-state index contributed by atoms with van der Waals surface area (Å²) in [6.45, 7) is 13.3. The first kappa shape index (κ1) is 11.8. The van der Waals surface area contributed by atoms with Crippen LogP contribution in [0.4, 0.5) is 0 Å². The Balaban J connectivity index is 3.75. The highest BCUT2D eigenvalue weighted by atomic mass is 16.5. The number of ether oxygens (including phenoxy) is 1. The monoisotopic (exact) mass is 183 g/mol. The third kappa shape index (κ3) is 5.96. The van der Waals surface area contributed by atoms with Crippen LogP contribution >= 0.6 is 0 Å². The first-order valence-electron chi connectivity index (χ1n) is 4.22. The zero-order valence-corrected chi connectivity index (χ0v) is 8.52. The quantitative estimate of drug-likeness (QED) is 0.521. The number of hydrogen-bond donors (Lipinski definition) is 1. The summed E-state index contributed by atoms with van der Waals surface area (Å²) >= 11 is 0. The summed E-state index contributed by atoms with van der Waals surface area (Å²) in [5, 5.41) is 2.48. The van der Waals surface area contributed by atoms with E-state index in [0.717, 1.165) is 0 Å². The van der Waals surface area contributed by atoms with Gasteiger partial charge >= 0.3 is 0 Å². The van der Waals surface area contributed by atoms with Crippen LogP contribution in [0, 0.1) is 5.92 Å². The molecule has 0 spiro atoms. The summed E-state index contributed by atoms with van der Waals surface area (Å²) in [6, 6.07) is 0. The van der Waals surface area contributed by atoms with Gasteiger partial charge in [0.1, 0.15) is 0 Å². The van der Waals surface area contributed by atoms with Crippen molar-refractivity contribution in [3.8, 4) is 0 Å². The zero-order chi connectivity index (χ0) is 10.4. The smallest absolute Gasteiger partial charge is 0.252 e. The Bertz CT molecular complexity index is 219. The molecule has 1 N–H and O–H groups in total. The molecule has 0 radical (unpaired) electrons. The molecular formula is C10H17NO2. The van der Waals surface area contributed by atoms with Gasteiger partial charge in [0.25, 0.3) is 5.91 Å². The second-order valence-electron chi connectivity index (χ2n) is 3.36.